The Labute approximate surface area is 85.5 Å². The van der Waals surface area contributed by atoms with Crippen LogP contribution in [0, 0.1) is 0 Å². The third kappa shape index (κ3) is 2.50. The van der Waals surface area contributed by atoms with E-state index in [1.54, 1.807) is 12.5 Å². The fourth-order valence-electron chi connectivity index (χ4n) is 1.02. The van der Waals surface area contributed by atoms with Gasteiger partial charge in [-0.2, -0.15) is 0 Å². The van der Waals surface area contributed by atoms with E-state index < -0.39 is 11.9 Å². The van der Waals surface area contributed by atoms with E-state index in [2.05, 4.69) is 4.98 Å². The number of methoxy groups -OCH3 is 1. The Balaban J connectivity index is 2.78. The van der Waals surface area contributed by atoms with Crippen LogP contribution in [0.25, 0.3) is 0 Å². The first-order chi connectivity index (χ1) is 6.69. The SMILES string of the molecule is COCc1nc(C(CN)C(=O)O)cs1. The summed E-state index contributed by atoms with van der Waals surface area (Å²) < 4.78 is 4.88. The maximum atomic E-state index is 10.8. The van der Waals surface area contributed by atoms with Gasteiger partial charge in [0.05, 0.1) is 12.3 Å². The molecule has 1 heterocycles. The minimum Gasteiger partial charge on any atom is -0.481 e. The Hall–Kier alpha value is -0.980. The average Bonchev–Trinajstić information content (AvgIpc) is 2.54. The van der Waals surface area contributed by atoms with Crippen LogP contribution in [-0.2, 0) is 16.1 Å². The van der Waals surface area contributed by atoms with Crippen LogP contribution >= 0.6 is 11.3 Å². The maximum Gasteiger partial charge on any atom is 0.313 e. The van der Waals surface area contributed by atoms with E-state index in [1.165, 1.54) is 11.3 Å². The van der Waals surface area contributed by atoms with E-state index in [-0.39, 0.29) is 6.54 Å². The van der Waals surface area contributed by atoms with Gasteiger partial charge in [0.25, 0.3) is 0 Å². The zero-order valence-electron chi connectivity index (χ0n) is 7.77. The number of rotatable bonds is 5. The fraction of sp³-hybridized carbons (Fsp3) is 0.500. The molecule has 0 aliphatic heterocycles. The van der Waals surface area contributed by atoms with Gasteiger partial charge in [0, 0.05) is 19.0 Å². The number of aromatic nitrogens is 1. The molecule has 5 nitrogen and oxygen atoms in total. The highest BCUT2D eigenvalue weighted by Gasteiger charge is 2.20. The van der Waals surface area contributed by atoms with Gasteiger partial charge >= 0.3 is 5.97 Å². The van der Waals surface area contributed by atoms with Gasteiger partial charge in [-0.3, -0.25) is 4.79 Å². The molecule has 1 unspecified atom stereocenters. The molecule has 0 fully saturated rings. The summed E-state index contributed by atoms with van der Waals surface area (Å²) in [6, 6.07) is 0. The molecular weight excluding hydrogens is 204 g/mol. The Bertz CT molecular complexity index is 313. The molecule has 1 aromatic rings. The molecule has 0 saturated heterocycles. The molecule has 1 atom stereocenters. The molecular formula is C8H12N2O3S. The number of ether oxygens (including phenoxy) is 1. The van der Waals surface area contributed by atoms with Crippen molar-refractivity contribution in [2.45, 2.75) is 12.5 Å². The van der Waals surface area contributed by atoms with Gasteiger partial charge < -0.3 is 15.6 Å². The molecule has 1 rings (SSSR count). The average molecular weight is 216 g/mol. The Morgan fingerprint density at radius 2 is 2.57 bits per heavy atom. The van der Waals surface area contributed by atoms with Crippen molar-refractivity contribution in [2.24, 2.45) is 5.73 Å². The minimum absolute atomic E-state index is 0.0610. The fourth-order valence-corrected chi connectivity index (χ4v) is 1.84. The van der Waals surface area contributed by atoms with Crippen LogP contribution in [0.1, 0.15) is 16.6 Å². The second-order valence-corrected chi connectivity index (χ2v) is 3.67. The first kappa shape index (κ1) is 11.1. The molecule has 14 heavy (non-hydrogen) atoms. The molecule has 0 radical (unpaired) electrons. The molecule has 0 saturated carbocycles. The quantitative estimate of drug-likeness (QED) is 0.744. The number of carboxylic acid groups (broad SMARTS) is 1. The molecule has 0 spiro atoms. The Kier molecular flexibility index (Phi) is 3.99. The summed E-state index contributed by atoms with van der Waals surface area (Å²) in [6.07, 6.45) is 0. The summed E-state index contributed by atoms with van der Waals surface area (Å²) in [5.74, 6) is -1.65. The highest BCUT2D eigenvalue weighted by Crippen LogP contribution is 2.18. The monoisotopic (exact) mass is 216 g/mol. The second-order valence-electron chi connectivity index (χ2n) is 2.73. The van der Waals surface area contributed by atoms with Crippen LogP contribution < -0.4 is 5.73 Å². The standard InChI is InChI=1S/C8H12N2O3S/c1-13-3-7-10-6(4-14-7)5(2-9)8(11)12/h4-5H,2-3,9H2,1H3,(H,11,12). The number of carboxylic acids is 1. The molecule has 0 bridgehead atoms. The van der Waals surface area contributed by atoms with Crippen molar-refractivity contribution in [3.63, 3.8) is 0 Å². The molecule has 1 aromatic heterocycles. The first-order valence-electron chi connectivity index (χ1n) is 4.05. The minimum atomic E-state index is -0.943. The van der Waals surface area contributed by atoms with E-state index in [0.29, 0.717) is 12.3 Å². The molecule has 78 valence electrons. The van der Waals surface area contributed by atoms with Crippen molar-refractivity contribution in [3.05, 3.63) is 16.1 Å². The third-order valence-electron chi connectivity index (χ3n) is 1.73. The molecule has 3 N–H and O–H groups in total. The molecule has 0 aliphatic rings. The predicted molar refractivity (Wildman–Crippen MR) is 52.3 cm³/mol. The summed E-state index contributed by atoms with van der Waals surface area (Å²) >= 11 is 1.38. The van der Waals surface area contributed by atoms with Crippen LogP contribution in [0.5, 0.6) is 0 Å². The molecule has 0 aromatic carbocycles. The van der Waals surface area contributed by atoms with Crippen molar-refractivity contribution < 1.29 is 14.6 Å². The van der Waals surface area contributed by atoms with E-state index in [0.717, 1.165) is 5.01 Å². The van der Waals surface area contributed by atoms with Gasteiger partial charge in [-0.15, -0.1) is 11.3 Å². The van der Waals surface area contributed by atoms with Gasteiger partial charge in [0.2, 0.25) is 0 Å². The van der Waals surface area contributed by atoms with E-state index in [9.17, 15) is 4.79 Å². The lowest BCUT2D eigenvalue weighted by molar-refractivity contribution is -0.138. The maximum absolute atomic E-state index is 10.8. The largest absolute Gasteiger partial charge is 0.481 e. The smallest absolute Gasteiger partial charge is 0.313 e. The zero-order chi connectivity index (χ0) is 10.6. The number of hydrogen-bond acceptors (Lipinski definition) is 5. The van der Waals surface area contributed by atoms with Gasteiger partial charge in [-0.1, -0.05) is 0 Å². The molecule has 0 aliphatic carbocycles. The second kappa shape index (κ2) is 5.04. The summed E-state index contributed by atoms with van der Waals surface area (Å²) in [7, 11) is 1.57. The van der Waals surface area contributed by atoms with Crippen LogP contribution in [0.4, 0.5) is 0 Å². The summed E-state index contributed by atoms with van der Waals surface area (Å²) in [6.45, 7) is 0.465. The van der Waals surface area contributed by atoms with Crippen molar-refractivity contribution in [1.82, 2.24) is 4.98 Å². The normalized spacial score (nSPS) is 12.7. The summed E-state index contributed by atoms with van der Waals surface area (Å²) in [4.78, 5) is 14.9. The summed E-state index contributed by atoms with van der Waals surface area (Å²) in [5, 5.41) is 11.3. The number of aliphatic carboxylic acids is 1. The highest BCUT2D eigenvalue weighted by atomic mass is 32.1. The van der Waals surface area contributed by atoms with Crippen LogP contribution in [0.2, 0.25) is 0 Å². The number of thiazole rings is 1. The lowest BCUT2D eigenvalue weighted by Crippen LogP contribution is -2.21. The first-order valence-corrected chi connectivity index (χ1v) is 4.93. The topological polar surface area (TPSA) is 85.4 Å². The summed E-state index contributed by atoms with van der Waals surface area (Å²) in [5.41, 5.74) is 5.85. The van der Waals surface area contributed by atoms with Crippen molar-refractivity contribution in [3.8, 4) is 0 Å². The van der Waals surface area contributed by atoms with E-state index >= 15 is 0 Å². The number of carbonyl (C=O) groups is 1. The lowest BCUT2D eigenvalue weighted by atomic mass is 10.1. The lowest BCUT2D eigenvalue weighted by Gasteiger charge is -2.04. The van der Waals surface area contributed by atoms with Gasteiger partial charge in [-0.25, -0.2) is 4.98 Å². The van der Waals surface area contributed by atoms with Crippen LogP contribution in [0.3, 0.4) is 0 Å². The van der Waals surface area contributed by atoms with Crippen LogP contribution in [0.15, 0.2) is 5.38 Å². The van der Waals surface area contributed by atoms with E-state index in [1.807, 2.05) is 0 Å². The van der Waals surface area contributed by atoms with E-state index in [4.69, 9.17) is 15.6 Å². The van der Waals surface area contributed by atoms with Crippen molar-refractivity contribution >= 4 is 17.3 Å². The van der Waals surface area contributed by atoms with Gasteiger partial charge in [0.15, 0.2) is 0 Å². The predicted octanol–water partition coefficient (Wildman–Crippen LogP) is 0.416. The number of hydrogen-bond donors (Lipinski definition) is 2. The van der Waals surface area contributed by atoms with Crippen molar-refractivity contribution in [1.29, 1.82) is 0 Å². The number of nitrogens with two attached hydrogens (primary N) is 1. The molecule has 0 amide bonds. The Morgan fingerprint density at radius 3 is 3.07 bits per heavy atom. The molecule has 6 heteroatoms. The highest BCUT2D eigenvalue weighted by molar-refractivity contribution is 7.09. The third-order valence-corrected chi connectivity index (χ3v) is 2.57. The van der Waals surface area contributed by atoms with Crippen molar-refractivity contribution in [2.75, 3.05) is 13.7 Å². The number of nitrogens with zero attached hydrogens (tertiary/aromatic N) is 1. The Morgan fingerprint density at radius 1 is 1.86 bits per heavy atom. The van der Waals surface area contributed by atoms with Gasteiger partial charge in [0.1, 0.15) is 10.9 Å². The zero-order valence-corrected chi connectivity index (χ0v) is 8.58. The van der Waals surface area contributed by atoms with Gasteiger partial charge in [-0.05, 0) is 0 Å². The van der Waals surface area contributed by atoms with Crippen LogP contribution in [-0.4, -0.2) is 29.7 Å².